The molecule has 7 heteroatoms. The summed E-state index contributed by atoms with van der Waals surface area (Å²) in [5.74, 6) is 0.205. The molecule has 0 unspecified atom stereocenters. The van der Waals surface area contributed by atoms with E-state index in [1.54, 1.807) is 6.07 Å². The average Bonchev–Trinajstić information content (AvgIpc) is 3.09. The van der Waals surface area contributed by atoms with Gasteiger partial charge in [-0.1, -0.05) is 53.5 Å². The molecule has 4 nitrogen and oxygen atoms in total. The standard InChI is InChI=1S/C24H25Cl2N3OS/c1-15-6-8-18(12-16(15)2)27-21(30)14-31-23-22(17-7-9-19(25)20(26)13-17)28-24(29-23)10-4-3-5-11-24/h6-9,12-13H,3-5,10-11,14H2,1-2H3,(H,27,30). The first-order chi connectivity index (χ1) is 14.8. The maximum Gasteiger partial charge on any atom is 0.234 e. The van der Waals surface area contributed by atoms with Crippen LogP contribution in [0.5, 0.6) is 0 Å². The molecule has 1 N–H and O–H groups in total. The quantitative estimate of drug-likeness (QED) is 0.527. The van der Waals surface area contributed by atoms with Gasteiger partial charge in [0.05, 0.1) is 21.5 Å². The van der Waals surface area contributed by atoms with Crippen molar-refractivity contribution in [3.63, 3.8) is 0 Å². The Morgan fingerprint density at radius 1 is 1.00 bits per heavy atom. The van der Waals surface area contributed by atoms with E-state index >= 15 is 0 Å². The van der Waals surface area contributed by atoms with Crippen molar-refractivity contribution in [2.45, 2.75) is 51.6 Å². The second-order valence-corrected chi connectivity index (χ2v) is 9.96. The number of amides is 1. The molecule has 0 radical (unpaired) electrons. The highest BCUT2D eigenvalue weighted by atomic mass is 35.5. The predicted molar refractivity (Wildman–Crippen MR) is 133 cm³/mol. The molecule has 0 aromatic heterocycles. The van der Waals surface area contributed by atoms with Crippen LogP contribution in [0.3, 0.4) is 0 Å². The smallest absolute Gasteiger partial charge is 0.234 e. The van der Waals surface area contributed by atoms with Gasteiger partial charge in [0, 0.05) is 11.3 Å². The zero-order chi connectivity index (χ0) is 22.0. The van der Waals surface area contributed by atoms with Gasteiger partial charge < -0.3 is 5.32 Å². The number of nitrogens with one attached hydrogen (secondary N) is 1. The fourth-order valence-electron chi connectivity index (χ4n) is 3.95. The van der Waals surface area contributed by atoms with Crippen LogP contribution in [0.1, 0.15) is 48.8 Å². The summed E-state index contributed by atoms with van der Waals surface area (Å²) in [6.45, 7) is 4.09. The van der Waals surface area contributed by atoms with E-state index < -0.39 is 5.66 Å². The lowest BCUT2D eigenvalue weighted by Gasteiger charge is -2.27. The number of benzene rings is 2. The molecule has 31 heavy (non-hydrogen) atoms. The number of anilines is 1. The molecule has 1 aliphatic heterocycles. The van der Waals surface area contributed by atoms with Gasteiger partial charge in [-0.05, 0) is 74.9 Å². The van der Waals surface area contributed by atoms with Crippen LogP contribution in [0.15, 0.2) is 46.4 Å². The minimum Gasteiger partial charge on any atom is -0.325 e. The topological polar surface area (TPSA) is 53.8 Å². The molecule has 2 aromatic carbocycles. The van der Waals surface area contributed by atoms with Crippen LogP contribution in [0.25, 0.3) is 0 Å². The van der Waals surface area contributed by atoms with Crippen molar-refractivity contribution in [2.24, 2.45) is 9.98 Å². The molecular weight excluding hydrogens is 449 g/mol. The van der Waals surface area contributed by atoms with E-state index in [1.807, 2.05) is 37.3 Å². The molecule has 1 heterocycles. The SMILES string of the molecule is Cc1ccc(NC(=O)CSC2=NC3(CCCCC3)N=C2c2ccc(Cl)c(Cl)c2)cc1C. The van der Waals surface area contributed by atoms with Crippen molar-refractivity contribution >= 4 is 57.3 Å². The van der Waals surface area contributed by atoms with Crippen molar-refractivity contribution in [3.05, 3.63) is 63.1 Å². The van der Waals surface area contributed by atoms with E-state index in [9.17, 15) is 4.79 Å². The van der Waals surface area contributed by atoms with E-state index in [2.05, 4.69) is 12.2 Å². The van der Waals surface area contributed by atoms with Crippen molar-refractivity contribution < 1.29 is 4.79 Å². The van der Waals surface area contributed by atoms with Crippen LogP contribution in [-0.2, 0) is 4.79 Å². The molecule has 2 aromatic rings. The van der Waals surface area contributed by atoms with Gasteiger partial charge >= 0.3 is 0 Å². The molecule has 1 amide bonds. The van der Waals surface area contributed by atoms with Gasteiger partial charge in [-0.25, -0.2) is 4.99 Å². The summed E-state index contributed by atoms with van der Waals surface area (Å²) >= 11 is 13.8. The first-order valence-electron chi connectivity index (χ1n) is 10.5. The molecule has 0 bridgehead atoms. The van der Waals surface area contributed by atoms with Crippen molar-refractivity contribution in [1.82, 2.24) is 0 Å². The third-order valence-electron chi connectivity index (χ3n) is 5.81. The first-order valence-corrected chi connectivity index (χ1v) is 12.2. The Labute approximate surface area is 197 Å². The van der Waals surface area contributed by atoms with Gasteiger partial charge in [0.15, 0.2) is 5.66 Å². The van der Waals surface area contributed by atoms with Crippen LogP contribution in [0.4, 0.5) is 5.69 Å². The normalized spacial score (nSPS) is 17.4. The van der Waals surface area contributed by atoms with E-state index in [-0.39, 0.29) is 11.7 Å². The lowest BCUT2D eigenvalue weighted by molar-refractivity contribution is -0.113. The Balaban J connectivity index is 1.52. The van der Waals surface area contributed by atoms with E-state index in [1.165, 1.54) is 23.7 Å². The Morgan fingerprint density at radius 2 is 1.77 bits per heavy atom. The Morgan fingerprint density at radius 3 is 2.48 bits per heavy atom. The second-order valence-electron chi connectivity index (χ2n) is 8.19. The molecule has 162 valence electrons. The van der Waals surface area contributed by atoms with Crippen LogP contribution in [0.2, 0.25) is 10.0 Å². The molecule has 1 saturated carbocycles. The highest BCUT2D eigenvalue weighted by Crippen LogP contribution is 2.39. The van der Waals surface area contributed by atoms with Gasteiger partial charge in [0.1, 0.15) is 5.04 Å². The number of aliphatic imine (C=N–C) groups is 2. The maximum absolute atomic E-state index is 12.6. The molecule has 1 spiro atoms. The average molecular weight is 474 g/mol. The molecular formula is C24H25Cl2N3OS. The third kappa shape index (κ3) is 5.16. The molecule has 2 aliphatic rings. The molecule has 1 aliphatic carbocycles. The fourth-order valence-corrected chi connectivity index (χ4v) is 5.12. The molecule has 4 rings (SSSR count). The molecule has 1 fully saturated rings. The largest absolute Gasteiger partial charge is 0.325 e. The fraction of sp³-hybridized carbons (Fsp3) is 0.375. The van der Waals surface area contributed by atoms with Gasteiger partial charge in [0.25, 0.3) is 0 Å². The van der Waals surface area contributed by atoms with E-state index in [4.69, 9.17) is 33.2 Å². The zero-order valence-electron chi connectivity index (χ0n) is 17.7. The van der Waals surface area contributed by atoms with E-state index in [0.717, 1.165) is 53.3 Å². The molecule has 0 saturated heterocycles. The minimum absolute atomic E-state index is 0.0611. The summed E-state index contributed by atoms with van der Waals surface area (Å²) in [6.07, 6.45) is 5.34. The number of halogens is 2. The predicted octanol–water partition coefficient (Wildman–Crippen LogP) is 6.84. The summed E-state index contributed by atoms with van der Waals surface area (Å²) in [6, 6.07) is 11.5. The second kappa shape index (κ2) is 9.35. The van der Waals surface area contributed by atoms with Crippen molar-refractivity contribution in [3.8, 4) is 0 Å². The van der Waals surface area contributed by atoms with Crippen LogP contribution in [0, 0.1) is 13.8 Å². The first kappa shape index (κ1) is 22.4. The Kier molecular flexibility index (Phi) is 6.75. The molecule has 0 atom stereocenters. The van der Waals surface area contributed by atoms with E-state index in [0.29, 0.717) is 10.0 Å². The summed E-state index contributed by atoms with van der Waals surface area (Å²) in [5.41, 5.74) is 4.46. The lowest BCUT2D eigenvalue weighted by Crippen LogP contribution is -2.25. The van der Waals surface area contributed by atoms with Crippen LogP contribution < -0.4 is 5.32 Å². The number of thioether (sulfide) groups is 1. The van der Waals surface area contributed by atoms with Gasteiger partial charge in [0.2, 0.25) is 5.91 Å². The maximum atomic E-state index is 12.6. The highest BCUT2D eigenvalue weighted by Gasteiger charge is 2.38. The van der Waals surface area contributed by atoms with Crippen molar-refractivity contribution in [2.75, 3.05) is 11.1 Å². The monoisotopic (exact) mass is 473 g/mol. The number of carbonyl (C=O) groups is 1. The number of carbonyl (C=O) groups excluding carboxylic acids is 1. The number of rotatable bonds is 4. The summed E-state index contributed by atoms with van der Waals surface area (Å²) in [4.78, 5) is 22.7. The summed E-state index contributed by atoms with van der Waals surface area (Å²) in [7, 11) is 0. The van der Waals surface area contributed by atoms with Crippen molar-refractivity contribution in [1.29, 1.82) is 0 Å². The third-order valence-corrected chi connectivity index (χ3v) is 7.51. The van der Waals surface area contributed by atoms with Crippen LogP contribution in [-0.4, -0.2) is 28.1 Å². The summed E-state index contributed by atoms with van der Waals surface area (Å²) in [5, 5.41) is 4.78. The number of aryl methyl sites for hydroxylation is 2. The van der Waals surface area contributed by atoms with Gasteiger partial charge in [-0.3, -0.25) is 9.79 Å². The zero-order valence-corrected chi connectivity index (χ0v) is 20.0. The summed E-state index contributed by atoms with van der Waals surface area (Å²) < 4.78 is 0. The number of nitrogens with zero attached hydrogens (tertiary/aromatic N) is 2. The Hall–Kier alpha value is -1.82. The minimum atomic E-state index is -0.396. The number of hydrogen-bond donors (Lipinski definition) is 1. The van der Waals surface area contributed by atoms with Gasteiger partial charge in [-0.15, -0.1) is 0 Å². The Bertz CT molecular complexity index is 1070. The lowest BCUT2D eigenvalue weighted by atomic mass is 9.90. The highest BCUT2D eigenvalue weighted by molar-refractivity contribution is 8.16. The van der Waals surface area contributed by atoms with Gasteiger partial charge in [-0.2, -0.15) is 0 Å². The number of hydrogen-bond acceptors (Lipinski definition) is 4. The van der Waals surface area contributed by atoms with Crippen LogP contribution >= 0.6 is 35.0 Å².